The number of alkyl carbamates (subject to hydrolysis) is 1. The molecule has 0 heterocycles. The van der Waals surface area contributed by atoms with E-state index >= 15 is 0 Å². The van der Waals surface area contributed by atoms with E-state index in [2.05, 4.69) is 56.9 Å². The van der Waals surface area contributed by atoms with Crippen LogP contribution >= 0.6 is 0 Å². The van der Waals surface area contributed by atoms with Gasteiger partial charge in [0.1, 0.15) is 5.60 Å². The van der Waals surface area contributed by atoms with Crippen molar-refractivity contribution in [3.63, 3.8) is 0 Å². The smallest absolute Gasteiger partial charge is 0.408 e. The normalized spacial score (nSPS) is 14.4. The number of carbonyl (C=O) groups is 2. The molecule has 168 valence electrons. The van der Waals surface area contributed by atoms with Crippen molar-refractivity contribution in [2.24, 2.45) is 5.11 Å². The van der Waals surface area contributed by atoms with E-state index in [4.69, 9.17) is 19.4 Å². The minimum atomic E-state index is -2.37. The topological polar surface area (TPSA) is 123 Å². The van der Waals surface area contributed by atoms with Crippen molar-refractivity contribution in [1.29, 1.82) is 0 Å². The lowest BCUT2D eigenvalue weighted by molar-refractivity contribution is -0.149. The van der Waals surface area contributed by atoms with Crippen LogP contribution < -0.4 is 5.32 Å². The van der Waals surface area contributed by atoms with E-state index in [9.17, 15) is 9.59 Å². The van der Waals surface area contributed by atoms with Crippen LogP contribution in [0.25, 0.3) is 10.4 Å². The first-order valence-corrected chi connectivity index (χ1v) is 12.1. The first kappa shape index (κ1) is 27.2. The maximum atomic E-state index is 12.7. The van der Waals surface area contributed by atoms with E-state index in [0.717, 1.165) is 0 Å². The highest BCUT2D eigenvalue weighted by molar-refractivity contribution is 6.77. The van der Waals surface area contributed by atoms with Gasteiger partial charge in [-0.3, -0.25) is 0 Å². The number of hydrogen-bond acceptors (Lipinski definition) is 6. The van der Waals surface area contributed by atoms with E-state index in [-0.39, 0.29) is 29.8 Å². The minimum Gasteiger partial charge on any atom is -0.467 e. The zero-order valence-corrected chi connectivity index (χ0v) is 20.5. The number of amides is 1. The Bertz CT molecular complexity index is 590. The second-order valence-corrected chi connectivity index (χ2v) is 14.7. The fourth-order valence-corrected chi connectivity index (χ4v) is 9.39. The number of rotatable bonds is 10. The highest BCUT2D eigenvalue weighted by Gasteiger charge is 2.49. The molecule has 10 heteroatoms. The molecule has 0 rings (SSSR count). The van der Waals surface area contributed by atoms with Crippen LogP contribution in [0.2, 0.25) is 16.6 Å². The summed E-state index contributed by atoms with van der Waals surface area (Å²) in [7, 11) is -1.16. The number of esters is 1. The van der Waals surface area contributed by atoms with Crippen molar-refractivity contribution < 1.29 is 23.5 Å². The zero-order chi connectivity index (χ0) is 23.0. The quantitative estimate of drug-likeness (QED) is 0.173. The molecule has 0 aromatic carbocycles. The monoisotopic (exact) mass is 430 g/mol. The third-order valence-electron chi connectivity index (χ3n) is 5.00. The number of hydrogen-bond donors (Lipinski definition) is 1. The molecule has 9 nitrogen and oxygen atoms in total. The summed E-state index contributed by atoms with van der Waals surface area (Å²) in [5.74, 6) is -0.755. The molecule has 0 aromatic rings. The van der Waals surface area contributed by atoms with Crippen molar-refractivity contribution in [3.05, 3.63) is 10.4 Å². The van der Waals surface area contributed by atoms with Gasteiger partial charge in [0, 0.05) is 4.91 Å². The van der Waals surface area contributed by atoms with Crippen LogP contribution in [0.5, 0.6) is 0 Å². The van der Waals surface area contributed by atoms with E-state index in [1.807, 2.05) is 0 Å². The summed E-state index contributed by atoms with van der Waals surface area (Å²) in [6.07, 6.45) is -0.814. The fourth-order valence-electron chi connectivity index (χ4n) is 3.89. The molecule has 1 atom stereocenters. The van der Waals surface area contributed by atoms with Crippen LogP contribution in [0.3, 0.4) is 0 Å². The Hall–Kier alpha value is -1.77. The maximum Gasteiger partial charge on any atom is 0.408 e. The summed E-state index contributed by atoms with van der Waals surface area (Å²) < 4.78 is 16.8. The zero-order valence-electron chi connectivity index (χ0n) is 19.5. The Morgan fingerprint density at radius 2 is 1.55 bits per heavy atom. The van der Waals surface area contributed by atoms with Crippen LogP contribution in [0.4, 0.5) is 4.79 Å². The number of nitrogens with one attached hydrogen (secondary N) is 1. The Morgan fingerprint density at radius 1 is 1.07 bits per heavy atom. The molecule has 0 saturated carbocycles. The SMILES string of the molecule is COC(=O)C(CN=[N+]=[N-])(CO[Si](C(C)C)(C(C)C)C(C)C)NC(=O)OC(C)(C)C. The molecular weight excluding hydrogens is 392 g/mol. The van der Waals surface area contributed by atoms with Crippen LogP contribution in [-0.4, -0.2) is 51.8 Å². The van der Waals surface area contributed by atoms with Crippen LogP contribution in [0, 0.1) is 0 Å². The van der Waals surface area contributed by atoms with Crippen molar-refractivity contribution in [2.75, 3.05) is 20.3 Å². The second kappa shape index (κ2) is 10.8. The van der Waals surface area contributed by atoms with E-state index in [0.29, 0.717) is 0 Å². The number of azide groups is 1. The van der Waals surface area contributed by atoms with Gasteiger partial charge in [0.05, 0.1) is 20.3 Å². The van der Waals surface area contributed by atoms with Gasteiger partial charge in [0.15, 0.2) is 13.9 Å². The lowest BCUT2D eigenvalue weighted by atomic mass is 10.0. The third kappa shape index (κ3) is 7.20. The number of ether oxygens (including phenoxy) is 2. The number of methoxy groups -OCH3 is 1. The molecule has 0 aliphatic rings. The molecule has 1 amide bonds. The summed E-state index contributed by atoms with van der Waals surface area (Å²) in [6, 6.07) is 0. The predicted molar refractivity (Wildman–Crippen MR) is 115 cm³/mol. The Labute approximate surface area is 175 Å². The molecule has 0 aromatic heterocycles. The first-order chi connectivity index (χ1) is 13.2. The maximum absolute atomic E-state index is 12.7. The summed E-state index contributed by atoms with van der Waals surface area (Å²) in [5, 5.41) is 6.10. The summed E-state index contributed by atoms with van der Waals surface area (Å²) in [6.45, 7) is 17.3. The Morgan fingerprint density at radius 3 is 1.90 bits per heavy atom. The van der Waals surface area contributed by atoms with Crippen molar-refractivity contribution >= 4 is 20.4 Å². The molecule has 0 saturated heterocycles. The average molecular weight is 431 g/mol. The van der Waals surface area contributed by atoms with Crippen molar-refractivity contribution in [1.82, 2.24) is 5.32 Å². The molecular formula is C19H38N4O5Si. The third-order valence-corrected chi connectivity index (χ3v) is 11.1. The lowest BCUT2D eigenvalue weighted by Gasteiger charge is -2.44. The Kier molecular flexibility index (Phi) is 10.2. The lowest BCUT2D eigenvalue weighted by Crippen LogP contribution is -2.63. The fraction of sp³-hybridized carbons (Fsp3) is 0.895. The minimum absolute atomic E-state index is 0.168. The van der Waals surface area contributed by atoms with Crippen LogP contribution in [-0.2, 0) is 18.7 Å². The van der Waals surface area contributed by atoms with Crippen molar-refractivity contribution in [2.45, 2.75) is 90.1 Å². The van der Waals surface area contributed by atoms with Gasteiger partial charge in [0.25, 0.3) is 0 Å². The van der Waals surface area contributed by atoms with Gasteiger partial charge < -0.3 is 19.2 Å². The molecule has 0 bridgehead atoms. The second-order valence-electron chi connectivity index (χ2n) is 9.20. The van der Waals surface area contributed by atoms with E-state index in [1.165, 1.54) is 7.11 Å². The van der Waals surface area contributed by atoms with Gasteiger partial charge in [-0.1, -0.05) is 46.7 Å². The standard InChI is InChI=1S/C19H38N4O5Si/c1-13(2)29(14(3)4,15(5)6)27-12-19(11-21-23-20,16(24)26-10)22-17(25)28-18(7,8)9/h13-15H,11-12H2,1-10H3,(H,22,25). The Balaban J connectivity index is 6.11. The summed E-state index contributed by atoms with van der Waals surface area (Å²) in [4.78, 5) is 27.9. The van der Waals surface area contributed by atoms with E-state index < -0.39 is 31.5 Å². The average Bonchev–Trinajstić information content (AvgIpc) is 2.56. The molecule has 1 unspecified atom stereocenters. The predicted octanol–water partition coefficient (Wildman–Crippen LogP) is 4.93. The van der Waals surface area contributed by atoms with Gasteiger partial charge >= 0.3 is 12.1 Å². The summed E-state index contributed by atoms with van der Waals surface area (Å²) >= 11 is 0. The molecule has 0 fully saturated rings. The van der Waals surface area contributed by atoms with Crippen molar-refractivity contribution in [3.8, 4) is 0 Å². The van der Waals surface area contributed by atoms with Gasteiger partial charge in [-0.2, -0.15) is 0 Å². The van der Waals surface area contributed by atoms with E-state index in [1.54, 1.807) is 20.8 Å². The summed E-state index contributed by atoms with van der Waals surface area (Å²) in [5.41, 5.74) is 7.17. The highest BCUT2D eigenvalue weighted by atomic mass is 28.4. The van der Waals surface area contributed by atoms with Gasteiger partial charge in [0.2, 0.25) is 0 Å². The van der Waals surface area contributed by atoms with Gasteiger partial charge in [-0.25, -0.2) is 9.59 Å². The molecule has 1 N–H and O–H groups in total. The van der Waals surface area contributed by atoms with Gasteiger partial charge in [-0.15, -0.1) is 0 Å². The van der Waals surface area contributed by atoms with Crippen LogP contribution in [0.1, 0.15) is 62.3 Å². The first-order valence-electron chi connectivity index (χ1n) is 9.93. The molecule has 0 aliphatic carbocycles. The van der Waals surface area contributed by atoms with Gasteiger partial charge in [-0.05, 0) is 42.9 Å². The number of carbonyl (C=O) groups excluding carboxylic acids is 2. The van der Waals surface area contributed by atoms with Crippen LogP contribution in [0.15, 0.2) is 5.11 Å². The highest BCUT2D eigenvalue weighted by Crippen LogP contribution is 2.42. The molecule has 29 heavy (non-hydrogen) atoms. The molecule has 0 aliphatic heterocycles. The largest absolute Gasteiger partial charge is 0.467 e. The molecule has 0 spiro atoms. The molecule has 0 radical (unpaired) electrons. The number of nitrogens with zero attached hydrogens (tertiary/aromatic N) is 3.